The summed E-state index contributed by atoms with van der Waals surface area (Å²) in [5, 5.41) is 8.45. The summed E-state index contributed by atoms with van der Waals surface area (Å²) in [6.07, 6.45) is -2.37. The predicted octanol–water partition coefficient (Wildman–Crippen LogP) is 3.67. The standard InChI is InChI=1S/C21H22F3N5/c22-21(23,24)18-7-4-8-20(13-18)28-11-9-27(10-12-28)15-19-16-29(26-25-19)14-17-5-2-1-3-6-17/h1-8,13,16H,9-12,14-15H2. The van der Waals surface area contributed by atoms with Gasteiger partial charge >= 0.3 is 6.18 Å². The normalized spacial score (nSPS) is 15.6. The summed E-state index contributed by atoms with van der Waals surface area (Å²) in [6, 6.07) is 15.6. The molecule has 3 aromatic rings. The molecule has 0 saturated carbocycles. The average molecular weight is 401 g/mol. The first-order valence-electron chi connectivity index (χ1n) is 9.55. The van der Waals surface area contributed by atoms with Gasteiger partial charge in [-0.1, -0.05) is 41.6 Å². The van der Waals surface area contributed by atoms with Crippen molar-refractivity contribution in [3.63, 3.8) is 0 Å². The molecule has 5 nitrogen and oxygen atoms in total. The van der Waals surface area contributed by atoms with Crippen LogP contribution in [0.15, 0.2) is 60.8 Å². The minimum atomic E-state index is -4.32. The van der Waals surface area contributed by atoms with Gasteiger partial charge in [0.2, 0.25) is 0 Å². The zero-order valence-electron chi connectivity index (χ0n) is 15.9. The highest BCUT2D eigenvalue weighted by molar-refractivity contribution is 5.49. The SMILES string of the molecule is FC(F)(F)c1cccc(N2CCN(Cc3cn(Cc4ccccc4)nn3)CC2)c1. The van der Waals surface area contributed by atoms with Crippen molar-refractivity contribution in [2.75, 3.05) is 31.1 Å². The van der Waals surface area contributed by atoms with Crippen LogP contribution in [0.2, 0.25) is 0 Å². The van der Waals surface area contributed by atoms with E-state index >= 15 is 0 Å². The number of aromatic nitrogens is 3. The summed E-state index contributed by atoms with van der Waals surface area (Å²) < 4.78 is 40.6. The number of halogens is 3. The van der Waals surface area contributed by atoms with E-state index in [4.69, 9.17) is 0 Å². The number of hydrogen-bond donors (Lipinski definition) is 0. The molecule has 1 saturated heterocycles. The van der Waals surface area contributed by atoms with E-state index < -0.39 is 11.7 Å². The maximum absolute atomic E-state index is 12.9. The topological polar surface area (TPSA) is 37.2 Å². The lowest BCUT2D eigenvalue weighted by Gasteiger charge is -2.35. The van der Waals surface area contributed by atoms with Gasteiger partial charge in [0.1, 0.15) is 0 Å². The molecule has 4 rings (SSSR count). The Bertz CT molecular complexity index is 931. The molecular formula is C21H22F3N5. The van der Waals surface area contributed by atoms with Crippen molar-refractivity contribution in [1.82, 2.24) is 19.9 Å². The Morgan fingerprint density at radius 2 is 1.62 bits per heavy atom. The van der Waals surface area contributed by atoms with Crippen LogP contribution in [0.5, 0.6) is 0 Å². The molecule has 2 heterocycles. The Hall–Kier alpha value is -2.87. The lowest BCUT2D eigenvalue weighted by atomic mass is 10.1. The van der Waals surface area contributed by atoms with Crippen molar-refractivity contribution in [2.24, 2.45) is 0 Å². The van der Waals surface area contributed by atoms with Crippen molar-refractivity contribution in [2.45, 2.75) is 19.3 Å². The molecular weight excluding hydrogens is 379 g/mol. The summed E-state index contributed by atoms with van der Waals surface area (Å²) in [7, 11) is 0. The van der Waals surface area contributed by atoms with Gasteiger partial charge in [0.15, 0.2) is 0 Å². The summed E-state index contributed by atoms with van der Waals surface area (Å²) in [5.41, 5.74) is 2.08. The maximum atomic E-state index is 12.9. The van der Waals surface area contributed by atoms with Gasteiger partial charge in [0, 0.05) is 38.4 Å². The molecule has 0 aliphatic carbocycles. The minimum absolute atomic E-state index is 0.604. The molecule has 0 bridgehead atoms. The van der Waals surface area contributed by atoms with E-state index in [1.165, 1.54) is 17.7 Å². The zero-order chi connectivity index (χ0) is 20.3. The van der Waals surface area contributed by atoms with Gasteiger partial charge in [-0.05, 0) is 23.8 Å². The van der Waals surface area contributed by atoms with Crippen molar-refractivity contribution in [1.29, 1.82) is 0 Å². The Kier molecular flexibility index (Phi) is 5.53. The van der Waals surface area contributed by atoms with E-state index in [0.717, 1.165) is 24.8 Å². The van der Waals surface area contributed by atoms with E-state index in [9.17, 15) is 13.2 Å². The first-order chi connectivity index (χ1) is 14.0. The number of hydrogen-bond acceptors (Lipinski definition) is 4. The van der Waals surface area contributed by atoms with Crippen LogP contribution in [0.4, 0.5) is 18.9 Å². The second-order valence-electron chi connectivity index (χ2n) is 7.20. The molecule has 0 atom stereocenters. The second-order valence-corrected chi connectivity index (χ2v) is 7.20. The molecule has 0 spiro atoms. The first-order valence-corrected chi connectivity index (χ1v) is 9.55. The molecule has 2 aromatic carbocycles. The number of anilines is 1. The molecule has 1 fully saturated rings. The van der Waals surface area contributed by atoms with Crippen LogP contribution in [-0.2, 0) is 19.3 Å². The first kappa shape index (κ1) is 19.4. The van der Waals surface area contributed by atoms with E-state index in [-0.39, 0.29) is 0 Å². The highest BCUT2D eigenvalue weighted by Crippen LogP contribution is 2.31. The molecule has 152 valence electrons. The number of benzene rings is 2. The molecule has 1 aliphatic heterocycles. The van der Waals surface area contributed by atoms with Gasteiger partial charge in [-0.15, -0.1) is 5.10 Å². The summed E-state index contributed by atoms with van der Waals surface area (Å²) >= 11 is 0. The minimum Gasteiger partial charge on any atom is -0.369 e. The number of piperazine rings is 1. The fourth-order valence-electron chi connectivity index (χ4n) is 3.53. The Balaban J connectivity index is 1.32. The van der Waals surface area contributed by atoms with Crippen molar-refractivity contribution < 1.29 is 13.2 Å². The highest BCUT2D eigenvalue weighted by Gasteiger charge is 2.31. The number of nitrogens with zero attached hydrogens (tertiary/aromatic N) is 5. The fourth-order valence-corrected chi connectivity index (χ4v) is 3.53. The van der Waals surface area contributed by atoms with Crippen LogP contribution in [0.25, 0.3) is 0 Å². The smallest absolute Gasteiger partial charge is 0.369 e. The third-order valence-electron chi connectivity index (χ3n) is 5.07. The molecule has 8 heteroatoms. The molecule has 1 aliphatic rings. The quantitative estimate of drug-likeness (QED) is 0.654. The third-order valence-corrected chi connectivity index (χ3v) is 5.07. The third kappa shape index (κ3) is 4.95. The number of alkyl halides is 3. The Labute approximate surface area is 167 Å². The summed E-state index contributed by atoms with van der Waals surface area (Å²) in [4.78, 5) is 4.25. The van der Waals surface area contributed by atoms with Crippen molar-refractivity contribution in [3.8, 4) is 0 Å². The van der Waals surface area contributed by atoms with Crippen LogP contribution in [0.1, 0.15) is 16.8 Å². The lowest BCUT2D eigenvalue weighted by Crippen LogP contribution is -2.46. The van der Waals surface area contributed by atoms with Gasteiger partial charge in [0.25, 0.3) is 0 Å². The van der Waals surface area contributed by atoms with E-state index in [0.29, 0.717) is 31.9 Å². The van der Waals surface area contributed by atoms with Crippen molar-refractivity contribution >= 4 is 5.69 Å². The van der Waals surface area contributed by atoms with E-state index in [2.05, 4.69) is 15.2 Å². The van der Waals surface area contributed by atoms with Crippen LogP contribution in [0.3, 0.4) is 0 Å². The predicted molar refractivity (Wildman–Crippen MR) is 105 cm³/mol. The monoisotopic (exact) mass is 401 g/mol. The van der Waals surface area contributed by atoms with Gasteiger partial charge in [-0.2, -0.15) is 13.2 Å². The van der Waals surface area contributed by atoms with Crippen LogP contribution in [0, 0.1) is 0 Å². The molecule has 0 N–H and O–H groups in total. The second kappa shape index (κ2) is 8.24. The molecule has 29 heavy (non-hydrogen) atoms. The number of rotatable bonds is 5. The maximum Gasteiger partial charge on any atom is 0.416 e. The van der Waals surface area contributed by atoms with E-state index in [1.54, 1.807) is 6.07 Å². The van der Waals surface area contributed by atoms with Crippen LogP contribution < -0.4 is 4.90 Å². The largest absolute Gasteiger partial charge is 0.416 e. The van der Waals surface area contributed by atoms with Gasteiger partial charge in [0.05, 0.1) is 24.0 Å². The average Bonchev–Trinajstić information content (AvgIpc) is 3.15. The van der Waals surface area contributed by atoms with Crippen LogP contribution in [-0.4, -0.2) is 46.1 Å². The molecule has 0 radical (unpaired) electrons. The zero-order valence-corrected chi connectivity index (χ0v) is 15.9. The van der Waals surface area contributed by atoms with E-state index in [1.807, 2.05) is 46.1 Å². The summed E-state index contributed by atoms with van der Waals surface area (Å²) in [5.74, 6) is 0. The van der Waals surface area contributed by atoms with Gasteiger partial charge in [-0.3, -0.25) is 4.90 Å². The summed E-state index contributed by atoms with van der Waals surface area (Å²) in [6.45, 7) is 4.25. The van der Waals surface area contributed by atoms with Crippen molar-refractivity contribution in [3.05, 3.63) is 77.6 Å². The molecule has 0 unspecified atom stereocenters. The Morgan fingerprint density at radius 3 is 2.34 bits per heavy atom. The lowest BCUT2D eigenvalue weighted by molar-refractivity contribution is -0.137. The Morgan fingerprint density at radius 1 is 0.862 bits per heavy atom. The molecule has 0 amide bonds. The highest BCUT2D eigenvalue weighted by atomic mass is 19.4. The van der Waals surface area contributed by atoms with Gasteiger partial charge in [-0.25, -0.2) is 4.68 Å². The molecule has 1 aromatic heterocycles. The fraction of sp³-hybridized carbons (Fsp3) is 0.333. The van der Waals surface area contributed by atoms with Crippen LogP contribution >= 0.6 is 0 Å². The van der Waals surface area contributed by atoms with Gasteiger partial charge < -0.3 is 4.90 Å².